The normalized spacial score (nSPS) is 11.8. The summed E-state index contributed by atoms with van der Waals surface area (Å²) in [5.41, 5.74) is 3.30. The van der Waals surface area contributed by atoms with Gasteiger partial charge in [0.2, 0.25) is 0 Å². The molecule has 0 saturated heterocycles. The smallest absolute Gasteiger partial charge is 0.136 e. The fourth-order valence-electron chi connectivity index (χ4n) is 2.56. The van der Waals surface area contributed by atoms with Gasteiger partial charge in [0.15, 0.2) is 0 Å². The summed E-state index contributed by atoms with van der Waals surface area (Å²) in [6.45, 7) is 0.0723. The lowest BCUT2D eigenvalue weighted by Crippen LogP contribution is -1.85. The number of para-hydroxylation sites is 2. The molecule has 0 unspecified atom stereocenters. The molecule has 0 amide bonds. The first-order valence-corrected chi connectivity index (χ1v) is 7.28. The number of benzene rings is 2. The first-order valence-electron chi connectivity index (χ1n) is 6.47. The van der Waals surface area contributed by atoms with Crippen LogP contribution in [0.1, 0.15) is 4.88 Å². The molecule has 0 spiro atoms. The Morgan fingerprint density at radius 3 is 2.25 bits per heavy atom. The van der Waals surface area contributed by atoms with Crippen LogP contribution in [-0.4, -0.2) is 5.11 Å². The van der Waals surface area contributed by atoms with Crippen LogP contribution >= 0.6 is 11.3 Å². The lowest BCUT2D eigenvalue weighted by atomic mass is 10.0. The number of aliphatic hydroxyl groups is 1. The number of rotatable bonds is 1. The maximum atomic E-state index is 9.43. The Balaban J connectivity index is 2.08. The molecular weight excluding hydrogens is 268 g/mol. The molecule has 0 saturated carbocycles. The van der Waals surface area contributed by atoms with Gasteiger partial charge in [-0.2, -0.15) is 0 Å². The van der Waals surface area contributed by atoms with Crippen LogP contribution in [0.4, 0.5) is 0 Å². The molecule has 0 atom stereocenters. The zero-order valence-corrected chi connectivity index (χ0v) is 11.5. The Hall–Kier alpha value is -2.10. The Bertz CT molecular complexity index is 726. The third kappa shape index (κ3) is 1.68. The average Bonchev–Trinajstić information content (AvgIpc) is 2.87. The van der Waals surface area contributed by atoms with Gasteiger partial charge in [-0.05, 0) is 24.3 Å². The summed E-state index contributed by atoms with van der Waals surface area (Å²) in [5, 5.41) is 9.43. The third-order valence-corrected chi connectivity index (χ3v) is 4.62. The van der Waals surface area contributed by atoms with Gasteiger partial charge in [0, 0.05) is 26.4 Å². The highest BCUT2D eigenvalue weighted by Crippen LogP contribution is 2.49. The van der Waals surface area contributed by atoms with Gasteiger partial charge in [-0.15, -0.1) is 11.3 Å². The van der Waals surface area contributed by atoms with Crippen molar-refractivity contribution in [2.24, 2.45) is 0 Å². The molecule has 98 valence electrons. The van der Waals surface area contributed by atoms with E-state index in [0.717, 1.165) is 37.9 Å². The number of fused-ring (bicyclic) bond motifs is 5. The fourth-order valence-corrected chi connectivity index (χ4v) is 3.62. The second-order valence-electron chi connectivity index (χ2n) is 4.71. The molecule has 3 heteroatoms. The van der Waals surface area contributed by atoms with E-state index in [1.165, 1.54) is 0 Å². The molecule has 20 heavy (non-hydrogen) atoms. The van der Waals surface area contributed by atoms with Gasteiger partial charge >= 0.3 is 0 Å². The van der Waals surface area contributed by atoms with Gasteiger partial charge in [-0.3, -0.25) is 0 Å². The predicted molar refractivity (Wildman–Crippen MR) is 81.2 cm³/mol. The second kappa shape index (κ2) is 4.47. The lowest BCUT2D eigenvalue weighted by Gasteiger charge is -2.08. The average molecular weight is 280 g/mol. The molecule has 0 radical (unpaired) electrons. The van der Waals surface area contributed by atoms with Crippen LogP contribution in [-0.2, 0) is 6.61 Å². The quantitative estimate of drug-likeness (QED) is 0.548. The van der Waals surface area contributed by atoms with Crippen molar-refractivity contribution in [3.05, 3.63) is 59.5 Å². The Morgan fingerprint density at radius 2 is 1.50 bits per heavy atom. The molecule has 1 aliphatic rings. The van der Waals surface area contributed by atoms with Gasteiger partial charge < -0.3 is 9.84 Å². The van der Waals surface area contributed by atoms with Crippen LogP contribution in [0, 0.1) is 0 Å². The van der Waals surface area contributed by atoms with E-state index in [4.69, 9.17) is 4.74 Å². The summed E-state index contributed by atoms with van der Waals surface area (Å²) >= 11 is 1.62. The maximum absolute atomic E-state index is 9.43. The van der Waals surface area contributed by atoms with E-state index in [0.29, 0.717) is 0 Å². The molecule has 0 aliphatic carbocycles. The standard InChI is InChI=1S/C17H12O2S/c18-10-11-9-14-12-5-1-3-7-15(12)19-16-8-4-2-6-13(16)17(14)20-11/h1-9,18H,10H2. The van der Waals surface area contributed by atoms with Gasteiger partial charge in [0.1, 0.15) is 11.5 Å². The van der Waals surface area contributed by atoms with E-state index < -0.39 is 0 Å². The topological polar surface area (TPSA) is 29.5 Å². The summed E-state index contributed by atoms with van der Waals surface area (Å²) in [4.78, 5) is 2.14. The molecule has 0 bridgehead atoms. The summed E-state index contributed by atoms with van der Waals surface area (Å²) in [6, 6.07) is 18.1. The highest BCUT2D eigenvalue weighted by atomic mass is 32.1. The molecular formula is C17H12O2S. The SMILES string of the molecule is OCc1cc2c(s1)-c1ccccc1Oc1ccccc1-2. The molecule has 4 rings (SSSR count). The van der Waals surface area contributed by atoms with Gasteiger partial charge in [0.05, 0.1) is 6.61 Å². The Morgan fingerprint density at radius 1 is 0.850 bits per heavy atom. The van der Waals surface area contributed by atoms with Crippen LogP contribution < -0.4 is 4.74 Å². The van der Waals surface area contributed by atoms with Crippen LogP contribution in [0.5, 0.6) is 11.5 Å². The summed E-state index contributed by atoms with van der Waals surface area (Å²) in [7, 11) is 0. The monoisotopic (exact) mass is 280 g/mol. The van der Waals surface area contributed by atoms with Crippen molar-refractivity contribution in [3.63, 3.8) is 0 Å². The first kappa shape index (κ1) is 11.7. The maximum Gasteiger partial charge on any atom is 0.136 e. The highest BCUT2D eigenvalue weighted by molar-refractivity contribution is 7.16. The molecule has 2 aromatic carbocycles. The van der Waals surface area contributed by atoms with E-state index in [1.807, 2.05) is 36.4 Å². The summed E-state index contributed by atoms with van der Waals surface area (Å²) in [5.74, 6) is 1.73. The zero-order valence-electron chi connectivity index (χ0n) is 10.7. The molecule has 3 aromatic rings. The van der Waals surface area contributed by atoms with Crippen molar-refractivity contribution >= 4 is 11.3 Å². The first-order chi connectivity index (χ1) is 9.86. The van der Waals surface area contributed by atoms with Crippen molar-refractivity contribution in [2.75, 3.05) is 0 Å². The fraction of sp³-hybridized carbons (Fsp3) is 0.0588. The van der Waals surface area contributed by atoms with Crippen LogP contribution in [0.2, 0.25) is 0 Å². The summed E-state index contributed by atoms with van der Waals surface area (Å²) in [6.07, 6.45) is 0. The second-order valence-corrected chi connectivity index (χ2v) is 5.84. The molecule has 0 fully saturated rings. The number of ether oxygens (including phenoxy) is 1. The molecule has 1 aromatic heterocycles. The summed E-state index contributed by atoms with van der Waals surface area (Å²) < 4.78 is 6.06. The van der Waals surface area contributed by atoms with Crippen molar-refractivity contribution in [2.45, 2.75) is 6.61 Å². The zero-order chi connectivity index (χ0) is 13.5. The van der Waals surface area contributed by atoms with Crippen molar-refractivity contribution in [3.8, 4) is 33.1 Å². The van der Waals surface area contributed by atoms with E-state index in [1.54, 1.807) is 11.3 Å². The highest BCUT2D eigenvalue weighted by Gasteiger charge is 2.22. The molecule has 1 N–H and O–H groups in total. The van der Waals surface area contributed by atoms with Crippen LogP contribution in [0.25, 0.3) is 21.6 Å². The predicted octanol–water partition coefficient (Wildman–Crippen LogP) is 4.68. The largest absolute Gasteiger partial charge is 0.456 e. The number of thiophene rings is 1. The molecule has 2 nitrogen and oxygen atoms in total. The Labute approximate surface area is 120 Å². The number of hydrogen-bond acceptors (Lipinski definition) is 3. The van der Waals surface area contributed by atoms with E-state index in [9.17, 15) is 5.11 Å². The Kier molecular flexibility index (Phi) is 2.62. The number of aliphatic hydroxyl groups excluding tert-OH is 1. The lowest BCUT2D eigenvalue weighted by molar-refractivity contribution is 0.285. The van der Waals surface area contributed by atoms with Crippen molar-refractivity contribution in [1.29, 1.82) is 0 Å². The van der Waals surface area contributed by atoms with Crippen LogP contribution in [0.15, 0.2) is 54.6 Å². The van der Waals surface area contributed by atoms with Gasteiger partial charge in [-0.25, -0.2) is 0 Å². The van der Waals surface area contributed by atoms with E-state index >= 15 is 0 Å². The number of hydrogen-bond donors (Lipinski definition) is 1. The van der Waals surface area contributed by atoms with E-state index in [2.05, 4.69) is 18.2 Å². The van der Waals surface area contributed by atoms with Crippen molar-refractivity contribution in [1.82, 2.24) is 0 Å². The van der Waals surface area contributed by atoms with Crippen molar-refractivity contribution < 1.29 is 9.84 Å². The van der Waals surface area contributed by atoms with Crippen LogP contribution in [0.3, 0.4) is 0 Å². The van der Waals surface area contributed by atoms with Gasteiger partial charge in [0.25, 0.3) is 0 Å². The van der Waals surface area contributed by atoms with Gasteiger partial charge in [-0.1, -0.05) is 30.3 Å². The minimum Gasteiger partial charge on any atom is -0.456 e. The third-order valence-electron chi connectivity index (χ3n) is 3.47. The molecule has 1 aliphatic heterocycles. The van der Waals surface area contributed by atoms with E-state index in [-0.39, 0.29) is 6.61 Å². The minimum absolute atomic E-state index is 0.0723. The minimum atomic E-state index is 0.0723. The molecule has 2 heterocycles.